The van der Waals surface area contributed by atoms with Crippen molar-refractivity contribution in [2.45, 2.75) is 78.1 Å². The quantitative estimate of drug-likeness (QED) is 0.146. The summed E-state index contributed by atoms with van der Waals surface area (Å²) in [4.78, 5) is 34.6. The van der Waals surface area contributed by atoms with Gasteiger partial charge in [0, 0.05) is 35.4 Å². The first-order valence-electron chi connectivity index (χ1n) is 12.6. The van der Waals surface area contributed by atoms with Crippen LogP contribution in [0.15, 0.2) is 36.4 Å². The monoisotopic (exact) mass is 496 g/mol. The smallest absolute Gasteiger partial charge is 0.394 e. The number of hydrogen-bond donors (Lipinski definition) is 0. The summed E-state index contributed by atoms with van der Waals surface area (Å²) in [5.41, 5.74) is 1.20. The predicted molar refractivity (Wildman–Crippen MR) is 133 cm³/mol. The van der Waals surface area contributed by atoms with Crippen molar-refractivity contribution in [1.29, 1.82) is 0 Å². The molecule has 0 aliphatic heterocycles. The Balaban J connectivity index is 1.57. The van der Waals surface area contributed by atoms with E-state index in [0.717, 1.165) is 51.4 Å². The summed E-state index contributed by atoms with van der Waals surface area (Å²) in [6, 6.07) is 8.44. The van der Waals surface area contributed by atoms with Gasteiger partial charge in [-0.1, -0.05) is 39.5 Å². The topological polar surface area (TPSA) is 122 Å². The van der Waals surface area contributed by atoms with Gasteiger partial charge in [0.1, 0.15) is 11.5 Å². The normalized spacial score (nSPS) is 17.4. The maximum atomic E-state index is 12.8. The lowest BCUT2D eigenvalue weighted by Gasteiger charge is -2.41. The van der Waals surface area contributed by atoms with Gasteiger partial charge in [-0.2, -0.15) is 0 Å². The largest absolute Gasteiger partial charge is 0.519 e. The first kappa shape index (κ1) is 25.6. The van der Waals surface area contributed by atoms with Crippen LogP contribution in [0.3, 0.4) is 0 Å². The zero-order chi connectivity index (χ0) is 25.9. The van der Waals surface area contributed by atoms with Crippen LogP contribution >= 0.6 is 0 Å². The standard InChI is InChI=1S/C27H32N2O7/c1-3-26(11-5-12-26)17-19-15-21(28(31)32)7-9-23(19)35-25(30)36-24-10-8-22(29(33)34)16-20(24)18-27(4-2)13-6-14-27/h7-10,15-16H,3-6,11-14,17-18H2,1-2H3. The Kier molecular flexibility index (Phi) is 7.28. The Bertz CT molecular complexity index is 1070. The van der Waals surface area contributed by atoms with Gasteiger partial charge in [0.2, 0.25) is 0 Å². The van der Waals surface area contributed by atoms with E-state index in [0.29, 0.717) is 24.0 Å². The molecule has 0 atom stereocenters. The minimum absolute atomic E-state index is 0.0556. The zero-order valence-electron chi connectivity index (χ0n) is 20.8. The molecule has 2 aliphatic rings. The Morgan fingerprint density at radius 3 is 1.44 bits per heavy atom. The highest BCUT2D eigenvalue weighted by Gasteiger charge is 2.37. The third-order valence-electron chi connectivity index (χ3n) is 8.36. The number of nitro benzene ring substituents is 2. The van der Waals surface area contributed by atoms with Crippen molar-refractivity contribution in [2.75, 3.05) is 0 Å². The van der Waals surface area contributed by atoms with E-state index in [1.54, 1.807) is 0 Å². The molecule has 36 heavy (non-hydrogen) atoms. The molecule has 0 N–H and O–H groups in total. The number of non-ortho nitro benzene ring substituents is 2. The molecule has 0 radical (unpaired) electrons. The number of ether oxygens (including phenoxy) is 2. The number of rotatable bonds is 10. The van der Waals surface area contributed by atoms with Gasteiger partial charge < -0.3 is 9.47 Å². The van der Waals surface area contributed by atoms with Crippen LogP contribution in [0.1, 0.15) is 76.3 Å². The summed E-state index contributed by atoms with van der Waals surface area (Å²) in [5.74, 6) is 0.468. The predicted octanol–water partition coefficient (Wildman–Crippen LogP) is 7.33. The Morgan fingerprint density at radius 1 is 0.778 bits per heavy atom. The third-order valence-corrected chi connectivity index (χ3v) is 8.36. The number of hydrogen-bond acceptors (Lipinski definition) is 7. The van der Waals surface area contributed by atoms with Gasteiger partial charge in [0.05, 0.1) is 9.85 Å². The number of benzene rings is 2. The number of carbonyl (C=O) groups excluding carboxylic acids is 1. The van der Waals surface area contributed by atoms with Gasteiger partial charge in [-0.05, 0) is 61.5 Å². The molecular weight excluding hydrogens is 464 g/mol. The lowest BCUT2D eigenvalue weighted by Crippen LogP contribution is -2.31. The highest BCUT2D eigenvalue weighted by atomic mass is 16.7. The second kappa shape index (κ2) is 10.2. The summed E-state index contributed by atoms with van der Waals surface area (Å²) >= 11 is 0. The Labute approximate surface area is 210 Å². The summed E-state index contributed by atoms with van der Waals surface area (Å²) in [6.07, 6.45) is 8.40. The first-order valence-corrected chi connectivity index (χ1v) is 12.6. The van der Waals surface area contributed by atoms with Gasteiger partial charge >= 0.3 is 6.16 Å². The molecule has 2 aromatic carbocycles. The maximum Gasteiger partial charge on any atom is 0.519 e. The molecule has 0 aromatic heterocycles. The van der Waals surface area contributed by atoms with Crippen LogP contribution in [0, 0.1) is 31.1 Å². The first-order chi connectivity index (χ1) is 17.2. The number of carbonyl (C=O) groups is 1. The second-order valence-electron chi connectivity index (χ2n) is 10.3. The van der Waals surface area contributed by atoms with Crippen LogP contribution in [-0.2, 0) is 12.8 Å². The number of nitrogens with zero attached hydrogens (tertiary/aromatic N) is 2. The average molecular weight is 497 g/mol. The molecule has 0 amide bonds. The van der Waals surface area contributed by atoms with E-state index in [9.17, 15) is 25.0 Å². The fourth-order valence-electron chi connectivity index (χ4n) is 5.51. The second-order valence-corrected chi connectivity index (χ2v) is 10.3. The molecule has 2 saturated carbocycles. The molecule has 2 aliphatic carbocycles. The van der Waals surface area contributed by atoms with Crippen molar-refractivity contribution >= 4 is 17.5 Å². The Hall–Kier alpha value is -3.49. The molecule has 9 heteroatoms. The van der Waals surface area contributed by atoms with Crippen molar-refractivity contribution in [3.8, 4) is 11.5 Å². The van der Waals surface area contributed by atoms with E-state index < -0.39 is 16.0 Å². The molecule has 4 rings (SSSR count). The SMILES string of the molecule is CCC1(Cc2cc([N+](=O)[O-])ccc2OC(=O)Oc2ccc([N+](=O)[O-])cc2CC2(CC)CCC2)CCC1. The molecule has 0 heterocycles. The Morgan fingerprint density at radius 2 is 1.17 bits per heavy atom. The van der Waals surface area contributed by atoms with Crippen molar-refractivity contribution in [3.63, 3.8) is 0 Å². The lowest BCUT2D eigenvalue weighted by molar-refractivity contribution is -0.385. The summed E-state index contributed by atoms with van der Waals surface area (Å²) in [5, 5.41) is 22.7. The fraction of sp³-hybridized carbons (Fsp3) is 0.519. The fourth-order valence-corrected chi connectivity index (χ4v) is 5.51. The summed E-state index contributed by atoms with van der Waals surface area (Å²) in [7, 11) is 0. The van der Waals surface area contributed by atoms with Crippen LogP contribution in [0.25, 0.3) is 0 Å². The van der Waals surface area contributed by atoms with E-state index in [-0.39, 0.29) is 33.7 Å². The molecule has 0 bridgehead atoms. The third kappa shape index (κ3) is 5.34. The van der Waals surface area contributed by atoms with Crippen LogP contribution < -0.4 is 9.47 Å². The van der Waals surface area contributed by atoms with Gasteiger partial charge in [-0.3, -0.25) is 20.2 Å². The summed E-state index contributed by atoms with van der Waals surface area (Å²) in [6.45, 7) is 4.21. The molecule has 192 valence electrons. The zero-order valence-corrected chi connectivity index (χ0v) is 20.8. The van der Waals surface area contributed by atoms with Crippen molar-refractivity contribution < 1.29 is 24.1 Å². The van der Waals surface area contributed by atoms with E-state index in [1.807, 2.05) is 0 Å². The van der Waals surface area contributed by atoms with E-state index in [2.05, 4.69) is 13.8 Å². The highest BCUT2D eigenvalue weighted by molar-refractivity contribution is 5.69. The average Bonchev–Trinajstić information content (AvgIpc) is 2.80. The van der Waals surface area contributed by atoms with Crippen molar-refractivity contribution in [1.82, 2.24) is 0 Å². The molecule has 2 aromatic rings. The van der Waals surface area contributed by atoms with Crippen LogP contribution in [-0.4, -0.2) is 16.0 Å². The van der Waals surface area contributed by atoms with Gasteiger partial charge in [-0.25, -0.2) is 4.79 Å². The minimum atomic E-state index is -0.974. The van der Waals surface area contributed by atoms with Gasteiger partial charge in [0.25, 0.3) is 11.4 Å². The van der Waals surface area contributed by atoms with E-state index >= 15 is 0 Å². The molecular formula is C27H32N2O7. The van der Waals surface area contributed by atoms with Crippen molar-refractivity contribution in [3.05, 3.63) is 67.8 Å². The van der Waals surface area contributed by atoms with Crippen LogP contribution in [0.2, 0.25) is 0 Å². The number of nitro groups is 2. The van der Waals surface area contributed by atoms with Gasteiger partial charge in [0.15, 0.2) is 0 Å². The van der Waals surface area contributed by atoms with Gasteiger partial charge in [-0.15, -0.1) is 0 Å². The maximum absolute atomic E-state index is 12.8. The summed E-state index contributed by atoms with van der Waals surface area (Å²) < 4.78 is 11.1. The highest BCUT2D eigenvalue weighted by Crippen LogP contribution is 2.49. The molecule has 2 fully saturated rings. The molecule has 0 unspecified atom stereocenters. The molecule has 0 saturated heterocycles. The van der Waals surface area contributed by atoms with E-state index in [1.165, 1.54) is 36.4 Å². The van der Waals surface area contributed by atoms with Crippen molar-refractivity contribution in [2.24, 2.45) is 10.8 Å². The molecule has 9 nitrogen and oxygen atoms in total. The van der Waals surface area contributed by atoms with E-state index in [4.69, 9.17) is 9.47 Å². The molecule has 0 spiro atoms. The van der Waals surface area contributed by atoms with Crippen LogP contribution in [0.4, 0.5) is 16.2 Å². The minimum Gasteiger partial charge on any atom is -0.394 e. The van der Waals surface area contributed by atoms with Crippen LogP contribution in [0.5, 0.6) is 11.5 Å². The lowest BCUT2D eigenvalue weighted by atomic mass is 9.64.